The zero-order valence-electron chi connectivity index (χ0n) is 22.2. The van der Waals surface area contributed by atoms with Crippen LogP contribution in [0.1, 0.15) is 0 Å². The minimum absolute atomic E-state index is 0.0243. The average molecular weight is 620 g/mol. The quantitative estimate of drug-likeness (QED) is 0.328. The fourth-order valence-electron chi connectivity index (χ4n) is 3.71. The van der Waals surface area contributed by atoms with E-state index in [1.807, 2.05) is 0 Å². The number of carbonyl (C=O) groups excluding carboxylic acids is 1. The summed E-state index contributed by atoms with van der Waals surface area (Å²) in [6.45, 7) is 0. The predicted octanol–water partition coefficient (Wildman–Crippen LogP) is 4.22. The number of benzene rings is 3. The van der Waals surface area contributed by atoms with Crippen molar-refractivity contribution >= 4 is 31.8 Å². The third-order valence-electron chi connectivity index (χ3n) is 5.27. The molecule has 3 aromatic rings. The Morgan fingerprint density at radius 2 is 1.29 bits per heavy atom. The fourth-order valence-corrected chi connectivity index (χ4v) is 4.63. The number of carbonyl (C=O) groups is 1. The summed E-state index contributed by atoms with van der Waals surface area (Å²) < 4.78 is 112. The van der Waals surface area contributed by atoms with Crippen LogP contribution in [-0.4, -0.2) is 62.8 Å². The highest BCUT2D eigenvalue weighted by Crippen LogP contribution is 2.51. The van der Waals surface area contributed by atoms with Crippen molar-refractivity contribution in [2.45, 2.75) is 6.18 Å². The molecule has 0 heterocycles. The van der Waals surface area contributed by atoms with E-state index < -0.39 is 32.3 Å². The van der Waals surface area contributed by atoms with Crippen LogP contribution in [0.4, 0.5) is 18.9 Å². The number of hydrogen-bond acceptors (Lipinski definition) is 10. The molecule has 0 aliphatic heterocycles. The number of rotatable bonds is 10. The molecule has 222 valence electrons. The highest BCUT2D eigenvalue weighted by molar-refractivity contribution is 7.86. The van der Waals surface area contributed by atoms with Crippen LogP contribution < -0.4 is 27.9 Å². The van der Waals surface area contributed by atoms with Crippen molar-refractivity contribution in [3.05, 3.63) is 48.5 Å². The first-order valence-electron chi connectivity index (χ1n) is 11.2. The molecule has 0 aliphatic carbocycles. The van der Waals surface area contributed by atoms with Crippen molar-refractivity contribution in [2.24, 2.45) is 0 Å². The van der Waals surface area contributed by atoms with Gasteiger partial charge >= 0.3 is 32.3 Å². The summed E-state index contributed by atoms with van der Waals surface area (Å²) in [5.74, 6) is -2.72. The van der Waals surface area contributed by atoms with Crippen LogP contribution in [0.25, 0.3) is 22.3 Å². The number of ether oxygens (including phenoxy) is 3. The van der Waals surface area contributed by atoms with Crippen LogP contribution in [0.5, 0.6) is 28.7 Å². The van der Waals surface area contributed by atoms with Gasteiger partial charge in [-0.1, -0.05) is 18.2 Å². The Labute approximate surface area is 234 Å². The molecule has 1 N–H and O–H groups in total. The van der Waals surface area contributed by atoms with Gasteiger partial charge in [-0.15, -0.1) is 0 Å². The van der Waals surface area contributed by atoms with Crippen molar-refractivity contribution in [3.8, 4) is 51.0 Å². The highest BCUT2D eigenvalue weighted by Gasteiger charge is 2.39. The monoisotopic (exact) mass is 619 g/mol. The number of halogens is 3. The molecule has 0 radical (unpaired) electrons. The normalized spacial score (nSPS) is 11.9. The van der Waals surface area contributed by atoms with E-state index in [-0.39, 0.29) is 51.1 Å². The smallest absolute Gasteiger partial charge is 0.471 e. The molecular formula is C25H24F3NO10S2. The molecule has 0 aromatic heterocycles. The lowest BCUT2D eigenvalue weighted by Crippen LogP contribution is -2.30. The van der Waals surface area contributed by atoms with E-state index >= 15 is 0 Å². The van der Waals surface area contributed by atoms with E-state index in [2.05, 4.69) is 0 Å². The molecule has 0 bridgehead atoms. The van der Waals surface area contributed by atoms with E-state index in [0.717, 1.165) is 25.7 Å². The lowest BCUT2D eigenvalue weighted by atomic mass is 9.96. The maximum Gasteiger partial charge on any atom is 0.471 e. The molecule has 0 aliphatic rings. The van der Waals surface area contributed by atoms with Gasteiger partial charge in [-0.2, -0.15) is 30.0 Å². The molecular weight excluding hydrogens is 595 g/mol. The van der Waals surface area contributed by atoms with Crippen molar-refractivity contribution in [3.63, 3.8) is 0 Å². The summed E-state index contributed by atoms with van der Waals surface area (Å²) in [6.07, 6.45) is -3.47. The van der Waals surface area contributed by atoms with Gasteiger partial charge in [0.2, 0.25) is 0 Å². The second kappa shape index (κ2) is 11.7. The first-order chi connectivity index (χ1) is 19.0. The number of nitrogens with one attached hydrogen (secondary N) is 1. The number of hydrogen-bond donors (Lipinski definition) is 1. The Balaban J connectivity index is 2.26. The van der Waals surface area contributed by atoms with Crippen molar-refractivity contribution in [1.29, 1.82) is 0 Å². The Hall–Kier alpha value is -4.18. The van der Waals surface area contributed by atoms with E-state index in [1.165, 1.54) is 56.7 Å². The predicted molar refractivity (Wildman–Crippen MR) is 143 cm³/mol. The van der Waals surface area contributed by atoms with E-state index in [4.69, 9.17) is 22.6 Å². The van der Waals surface area contributed by atoms with Crippen LogP contribution >= 0.6 is 0 Å². The summed E-state index contributed by atoms with van der Waals surface area (Å²) in [5, 5.41) is 1.71. The summed E-state index contributed by atoms with van der Waals surface area (Å²) >= 11 is 0. The molecule has 0 spiro atoms. The lowest BCUT2D eigenvalue weighted by molar-refractivity contribution is -0.167. The summed E-state index contributed by atoms with van der Waals surface area (Å²) in [5.41, 5.74) is 0.599. The standard InChI is InChI=1S/C25H24F3NO10S2/c1-35-19-12-15(8-11-18(19)29-24(30)25(26,27)28)21-20(36-2)13-17(22(37-3)23(21)39-41(5,33)34)14-6-9-16(10-7-14)38-40(4,31)32/h6-13H,1-5H3,(H,29,30). The summed E-state index contributed by atoms with van der Waals surface area (Å²) in [4.78, 5) is 11.5. The van der Waals surface area contributed by atoms with Crippen LogP contribution in [0.2, 0.25) is 0 Å². The van der Waals surface area contributed by atoms with E-state index in [9.17, 15) is 34.8 Å². The maximum atomic E-state index is 12.8. The van der Waals surface area contributed by atoms with Crippen LogP contribution in [0.3, 0.4) is 0 Å². The van der Waals surface area contributed by atoms with Gasteiger partial charge in [0.15, 0.2) is 11.5 Å². The molecule has 0 unspecified atom stereocenters. The maximum absolute atomic E-state index is 12.8. The van der Waals surface area contributed by atoms with Gasteiger partial charge in [0.25, 0.3) is 0 Å². The summed E-state index contributed by atoms with van der Waals surface area (Å²) in [7, 11) is -4.27. The van der Waals surface area contributed by atoms with E-state index in [1.54, 1.807) is 5.32 Å². The molecule has 0 fully saturated rings. The second-order valence-electron chi connectivity index (χ2n) is 8.33. The van der Waals surface area contributed by atoms with Gasteiger partial charge in [-0.3, -0.25) is 4.79 Å². The van der Waals surface area contributed by atoms with Crippen LogP contribution in [0, 0.1) is 0 Å². The van der Waals surface area contributed by atoms with Gasteiger partial charge in [0.05, 0.1) is 45.1 Å². The molecule has 1 amide bonds. The minimum atomic E-state index is -5.15. The first kappa shape index (κ1) is 31.3. The Kier molecular flexibility index (Phi) is 8.98. The molecule has 3 rings (SSSR count). The van der Waals surface area contributed by atoms with Gasteiger partial charge in [0.1, 0.15) is 17.2 Å². The van der Waals surface area contributed by atoms with E-state index in [0.29, 0.717) is 5.56 Å². The number of amides is 1. The summed E-state index contributed by atoms with van der Waals surface area (Å²) in [6, 6.07) is 10.9. The van der Waals surface area contributed by atoms with Gasteiger partial charge < -0.3 is 27.9 Å². The van der Waals surface area contributed by atoms with Crippen LogP contribution in [-0.2, 0) is 25.0 Å². The Bertz CT molecular complexity index is 1670. The fraction of sp³-hybridized carbons (Fsp3) is 0.240. The van der Waals surface area contributed by atoms with Crippen molar-refractivity contribution in [1.82, 2.24) is 0 Å². The zero-order chi connectivity index (χ0) is 30.8. The van der Waals surface area contributed by atoms with Gasteiger partial charge in [0, 0.05) is 5.56 Å². The topological polar surface area (TPSA) is 144 Å². The number of anilines is 1. The third kappa shape index (κ3) is 7.73. The average Bonchev–Trinajstić information content (AvgIpc) is 2.86. The minimum Gasteiger partial charge on any atom is -0.496 e. The molecule has 11 nitrogen and oxygen atoms in total. The first-order valence-corrected chi connectivity index (χ1v) is 14.9. The molecule has 16 heteroatoms. The molecule has 0 saturated heterocycles. The van der Waals surface area contributed by atoms with Gasteiger partial charge in [-0.05, 0) is 41.5 Å². The van der Waals surface area contributed by atoms with Gasteiger partial charge in [-0.25, -0.2) is 0 Å². The molecule has 0 saturated carbocycles. The van der Waals surface area contributed by atoms with Crippen LogP contribution in [0.15, 0.2) is 48.5 Å². The Morgan fingerprint density at radius 3 is 1.78 bits per heavy atom. The molecule has 41 heavy (non-hydrogen) atoms. The second-order valence-corrected chi connectivity index (χ2v) is 11.5. The number of alkyl halides is 3. The number of methoxy groups -OCH3 is 3. The third-order valence-corrected chi connectivity index (χ3v) is 6.23. The molecule has 3 aromatic carbocycles. The highest BCUT2D eigenvalue weighted by atomic mass is 32.2. The largest absolute Gasteiger partial charge is 0.496 e. The SMILES string of the molecule is COc1cc(-c2c(OC)cc(-c3ccc(OS(C)(=O)=O)cc3)c(OC)c2OS(C)(=O)=O)ccc1NC(=O)C(F)(F)F. The Morgan fingerprint density at radius 1 is 0.732 bits per heavy atom. The lowest BCUT2D eigenvalue weighted by Gasteiger charge is -2.21. The van der Waals surface area contributed by atoms with Crippen molar-refractivity contribution in [2.75, 3.05) is 39.2 Å². The molecule has 0 atom stereocenters. The van der Waals surface area contributed by atoms with Crippen molar-refractivity contribution < 1.29 is 57.4 Å². The zero-order valence-corrected chi connectivity index (χ0v) is 23.8.